The highest BCUT2D eigenvalue weighted by Crippen LogP contribution is 2.40. The molecule has 0 bridgehead atoms. The van der Waals surface area contributed by atoms with Gasteiger partial charge in [0.1, 0.15) is 17.3 Å². The van der Waals surface area contributed by atoms with Gasteiger partial charge in [0, 0.05) is 23.0 Å². The SMILES string of the molecule is [2H]c1c([2H])c([2H])c(-c2cccc(-c3cc(C(C)(C)C)cc(C(C)(C)C)c3)c2-[n+]2[c-]n(-c3cccc(Oc4cc5c(c([2H])c4[2H])c4c([2H])c([2H])c([2H])c([2H])c4n5-c4cc(C(C)C)ccn4)c3)c3ccccc32)c([2H])c1[2H]. The lowest BCUT2D eigenvalue weighted by molar-refractivity contribution is -0.571. The standard InChI is InChI=1S/C59H54N4O/c1-39(2)41-30-31-60-56(34-41)63-52-25-13-12-22-50(52)51-29-28-47(37-55(51)63)64-46-21-16-20-45(36-46)61-38-62(54-27-15-14-26-53(54)61)57-48(40-18-10-9-11-19-40)23-17-24-49(57)42-32-43(58(3,4)5)35-44(33-42)59(6,7)8/h9-37,39H,1-8H3/i9D,10D,11D,12D,13D,18D,19D,22D,25D,28D,29D. The summed E-state index contributed by atoms with van der Waals surface area (Å²) in [7, 11) is 0. The van der Waals surface area contributed by atoms with Gasteiger partial charge in [0.05, 0.1) is 48.5 Å². The predicted octanol–water partition coefficient (Wildman–Crippen LogP) is 15.0. The number of imidazole rings is 1. The van der Waals surface area contributed by atoms with Crippen molar-refractivity contribution in [2.45, 2.75) is 72.1 Å². The van der Waals surface area contributed by atoms with Crippen molar-refractivity contribution in [3.8, 4) is 50.9 Å². The maximum atomic E-state index is 9.39. The topological polar surface area (TPSA) is 35.9 Å². The van der Waals surface area contributed by atoms with Gasteiger partial charge in [-0.2, -0.15) is 0 Å². The molecule has 0 unspecified atom stereocenters. The Kier molecular flexibility index (Phi) is 7.41. The summed E-state index contributed by atoms with van der Waals surface area (Å²) in [6.45, 7) is 17.1. The molecule has 7 aromatic carbocycles. The summed E-state index contributed by atoms with van der Waals surface area (Å²) >= 11 is 0. The van der Waals surface area contributed by atoms with Crippen LogP contribution in [0, 0.1) is 6.33 Å². The summed E-state index contributed by atoms with van der Waals surface area (Å²) in [4.78, 5) is 4.65. The number of para-hydroxylation sites is 4. The van der Waals surface area contributed by atoms with E-state index in [1.807, 2.05) is 77.6 Å². The number of benzene rings is 7. The van der Waals surface area contributed by atoms with E-state index < -0.39 is 30.2 Å². The Morgan fingerprint density at radius 2 is 1.30 bits per heavy atom. The first-order chi connectivity index (χ1) is 35.4. The molecular formula is C59H54N4O. The van der Waals surface area contributed by atoms with Gasteiger partial charge in [-0.3, -0.25) is 13.7 Å². The Bertz CT molecular complexity index is 3950. The second-order valence-electron chi connectivity index (χ2n) is 18.5. The molecule has 0 atom stereocenters. The smallest absolute Gasteiger partial charge is 0.269 e. The van der Waals surface area contributed by atoms with E-state index in [0.717, 1.165) is 27.8 Å². The fraction of sp³-hybridized carbons (Fsp3) is 0.186. The van der Waals surface area contributed by atoms with Crippen molar-refractivity contribution in [3.63, 3.8) is 0 Å². The van der Waals surface area contributed by atoms with E-state index in [1.165, 1.54) is 0 Å². The highest BCUT2D eigenvalue weighted by Gasteiger charge is 2.25. The van der Waals surface area contributed by atoms with Crippen LogP contribution in [0.25, 0.3) is 72.3 Å². The molecular weight excluding hydrogens is 781 g/mol. The first-order valence-electron chi connectivity index (χ1n) is 27.0. The summed E-state index contributed by atoms with van der Waals surface area (Å²) in [5, 5.41) is 0.275. The maximum absolute atomic E-state index is 9.39. The van der Waals surface area contributed by atoms with Crippen LogP contribution in [0.5, 0.6) is 11.5 Å². The van der Waals surface area contributed by atoms with Gasteiger partial charge in [-0.05, 0) is 104 Å². The summed E-state index contributed by atoms with van der Waals surface area (Å²) in [6, 6.07) is 28.2. The Hall–Kier alpha value is -7.24. The summed E-state index contributed by atoms with van der Waals surface area (Å²) in [5.74, 6) is 0.803. The number of rotatable bonds is 8. The van der Waals surface area contributed by atoms with E-state index in [-0.39, 0.29) is 80.6 Å². The monoisotopic (exact) mass is 845 g/mol. The van der Waals surface area contributed by atoms with Crippen molar-refractivity contribution in [1.29, 1.82) is 0 Å². The molecule has 0 saturated carbocycles. The van der Waals surface area contributed by atoms with Crippen molar-refractivity contribution in [2.24, 2.45) is 0 Å². The van der Waals surface area contributed by atoms with Crippen LogP contribution in [0.4, 0.5) is 0 Å². The molecule has 10 rings (SSSR count). The number of aromatic nitrogens is 4. The molecule has 64 heavy (non-hydrogen) atoms. The lowest BCUT2D eigenvalue weighted by atomic mass is 9.78. The highest BCUT2D eigenvalue weighted by atomic mass is 16.5. The van der Waals surface area contributed by atoms with Crippen molar-refractivity contribution >= 4 is 32.8 Å². The first-order valence-corrected chi connectivity index (χ1v) is 21.5. The lowest BCUT2D eigenvalue weighted by Gasteiger charge is -2.27. The molecule has 0 spiro atoms. The van der Waals surface area contributed by atoms with Crippen LogP contribution in [0.1, 0.15) is 93.1 Å². The van der Waals surface area contributed by atoms with Crippen LogP contribution in [-0.4, -0.2) is 14.1 Å². The van der Waals surface area contributed by atoms with Crippen LogP contribution >= 0.6 is 0 Å². The number of pyridine rings is 1. The molecule has 0 radical (unpaired) electrons. The zero-order valence-corrected chi connectivity index (χ0v) is 37.2. The Labute approximate surface area is 392 Å². The quantitative estimate of drug-likeness (QED) is 0.113. The summed E-state index contributed by atoms with van der Waals surface area (Å²) in [6.07, 6.45) is 5.25. The van der Waals surface area contributed by atoms with Crippen molar-refractivity contribution in [2.75, 3.05) is 0 Å². The van der Waals surface area contributed by atoms with E-state index in [9.17, 15) is 5.48 Å². The molecule has 10 aromatic rings. The summed E-state index contributed by atoms with van der Waals surface area (Å²) < 4.78 is 110. The second kappa shape index (κ2) is 15.8. The van der Waals surface area contributed by atoms with Crippen LogP contribution in [0.15, 0.2) is 176 Å². The minimum Gasteiger partial charge on any atom is -0.458 e. The first kappa shape index (κ1) is 30.0. The van der Waals surface area contributed by atoms with Gasteiger partial charge in [0.2, 0.25) is 0 Å². The average molecular weight is 846 g/mol. The molecule has 0 aliphatic rings. The Balaban J connectivity index is 1.19. The fourth-order valence-corrected chi connectivity index (χ4v) is 8.25. The van der Waals surface area contributed by atoms with Crippen molar-refractivity contribution < 1.29 is 24.4 Å². The molecule has 5 heteroatoms. The van der Waals surface area contributed by atoms with E-state index in [2.05, 4.69) is 71.1 Å². The van der Waals surface area contributed by atoms with Gasteiger partial charge in [0.25, 0.3) is 6.33 Å². The Morgan fingerprint density at radius 1 is 0.609 bits per heavy atom. The number of hydrogen-bond donors (Lipinski definition) is 0. The average Bonchev–Trinajstić information content (AvgIpc) is 3.94. The van der Waals surface area contributed by atoms with E-state index in [4.69, 9.17) is 14.3 Å². The third kappa shape index (κ3) is 7.45. The molecule has 0 saturated heterocycles. The van der Waals surface area contributed by atoms with Gasteiger partial charge in [-0.25, -0.2) is 4.98 Å². The fourth-order valence-electron chi connectivity index (χ4n) is 8.25. The molecule has 0 aliphatic heterocycles. The predicted molar refractivity (Wildman–Crippen MR) is 265 cm³/mol. The molecule has 5 nitrogen and oxygen atoms in total. The lowest BCUT2D eigenvalue weighted by Crippen LogP contribution is -2.31. The van der Waals surface area contributed by atoms with Crippen LogP contribution in [0.3, 0.4) is 0 Å². The zero-order chi connectivity index (χ0) is 53.9. The Morgan fingerprint density at radius 3 is 2.05 bits per heavy atom. The summed E-state index contributed by atoms with van der Waals surface area (Å²) in [5.41, 5.74) is 7.78. The van der Waals surface area contributed by atoms with Gasteiger partial charge < -0.3 is 4.74 Å². The van der Waals surface area contributed by atoms with E-state index >= 15 is 0 Å². The van der Waals surface area contributed by atoms with Crippen molar-refractivity contribution in [3.05, 3.63) is 199 Å². The highest BCUT2D eigenvalue weighted by molar-refractivity contribution is 6.09. The molecule has 0 fully saturated rings. The van der Waals surface area contributed by atoms with Gasteiger partial charge >= 0.3 is 0 Å². The normalized spacial score (nSPS) is 14.6. The molecule has 0 aliphatic carbocycles. The zero-order valence-electron chi connectivity index (χ0n) is 48.2. The minimum atomic E-state index is -0.487. The number of ether oxygens (including phenoxy) is 1. The van der Waals surface area contributed by atoms with Gasteiger partial charge in [-0.1, -0.05) is 170 Å². The third-order valence-corrected chi connectivity index (χ3v) is 11.8. The molecule has 316 valence electrons. The van der Waals surface area contributed by atoms with Gasteiger partial charge in [-0.15, -0.1) is 0 Å². The number of nitrogens with zero attached hydrogens (tertiary/aromatic N) is 4. The second-order valence-corrected chi connectivity index (χ2v) is 18.5. The van der Waals surface area contributed by atoms with Crippen molar-refractivity contribution in [1.82, 2.24) is 14.1 Å². The molecule has 0 amide bonds. The third-order valence-electron chi connectivity index (χ3n) is 11.8. The number of hydrogen-bond acceptors (Lipinski definition) is 2. The molecule has 0 N–H and O–H groups in total. The van der Waals surface area contributed by atoms with Crippen LogP contribution in [-0.2, 0) is 10.8 Å². The largest absolute Gasteiger partial charge is 0.458 e. The van der Waals surface area contributed by atoms with E-state index in [1.54, 1.807) is 41.1 Å². The minimum absolute atomic E-state index is 0.00434. The van der Waals surface area contributed by atoms with Crippen LogP contribution in [0.2, 0.25) is 0 Å². The van der Waals surface area contributed by atoms with Gasteiger partial charge in [0.15, 0.2) is 0 Å². The van der Waals surface area contributed by atoms with E-state index in [0.29, 0.717) is 45.1 Å². The maximum Gasteiger partial charge on any atom is 0.269 e. The molecule has 3 heterocycles. The number of fused-ring (bicyclic) bond motifs is 4. The van der Waals surface area contributed by atoms with Crippen LogP contribution < -0.4 is 9.30 Å². The molecule has 3 aromatic heterocycles.